The van der Waals surface area contributed by atoms with Crippen LogP contribution in [-0.4, -0.2) is 142 Å². The molecule has 9 heterocycles. The number of aliphatic hydroxyl groups is 2. The average Bonchev–Trinajstić information content (AvgIpc) is 3.89. The van der Waals surface area contributed by atoms with Gasteiger partial charge >= 0.3 is 6.01 Å². The Morgan fingerprint density at radius 1 is 0.963 bits per heavy atom. The predicted molar refractivity (Wildman–Crippen MR) is 301 cm³/mol. The summed E-state index contributed by atoms with van der Waals surface area (Å²) in [5.74, 6) is -0.236. The number of aryl methyl sites for hydroxylation is 1. The van der Waals surface area contributed by atoms with Gasteiger partial charge in [0.05, 0.1) is 71.7 Å². The van der Waals surface area contributed by atoms with Crippen molar-refractivity contribution in [2.45, 2.75) is 121 Å². The van der Waals surface area contributed by atoms with Gasteiger partial charge in [-0.15, -0.1) is 16.4 Å². The Morgan fingerprint density at radius 2 is 1.75 bits per heavy atom. The topological polar surface area (TPSA) is 244 Å². The van der Waals surface area contributed by atoms with Crippen molar-refractivity contribution in [3.63, 3.8) is 0 Å². The van der Waals surface area contributed by atoms with Gasteiger partial charge in [0.15, 0.2) is 11.6 Å². The maximum atomic E-state index is 16.1. The third kappa shape index (κ3) is 10.1. The van der Waals surface area contributed by atoms with Gasteiger partial charge in [-0.05, 0) is 67.3 Å². The number of anilines is 1. The second-order valence-corrected chi connectivity index (χ2v) is 23.4. The zero-order valence-corrected chi connectivity index (χ0v) is 46.3. The zero-order chi connectivity index (χ0) is 55.6. The number of hydrogen-bond donors (Lipinski definition) is 5. The molecule has 22 heteroatoms. The maximum absolute atomic E-state index is 16.1. The minimum atomic E-state index is -0.981. The van der Waals surface area contributed by atoms with E-state index in [-0.39, 0.29) is 67.9 Å². The number of likely N-dealkylation sites (tertiary alicyclic amines) is 1. The van der Waals surface area contributed by atoms with E-state index in [1.807, 2.05) is 69.3 Å². The van der Waals surface area contributed by atoms with E-state index in [0.717, 1.165) is 70.7 Å². The predicted octanol–water partition coefficient (Wildman–Crippen LogP) is 7.28. The number of amides is 2. The fourth-order valence-corrected chi connectivity index (χ4v) is 13.0. The highest BCUT2D eigenvalue weighted by atomic mass is 32.1. The molecule has 0 spiro atoms. The molecule has 2 unspecified atom stereocenters. The van der Waals surface area contributed by atoms with E-state index in [0.29, 0.717) is 88.2 Å². The molecule has 1 aliphatic carbocycles. The molecule has 5 aliphatic rings. The SMILES string of the molecule is Cc1ncsc1-c1ccc(C(CO)NC(=O)[C@@H]2C[C@@H](O)CN2C(=O)C(C(C)C)n2cc(-c3ccc(COc4c(-c5c(C)c(F)cc6[nH]ncc56)c(C5CC5)nc5c(N6C[C@@H]7C[C@H]6CN7)nc(OC6CCOCC6)nc45)cc3)nn2)cc1. The molecule has 20 nitrogen and oxygen atoms in total. The van der Waals surface area contributed by atoms with Gasteiger partial charge in [-0.25, -0.2) is 19.0 Å². The molecule has 4 aliphatic heterocycles. The van der Waals surface area contributed by atoms with Gasteiger partial charge in [0.1, 0.15) is 47.3 Å². The smallest absolute Gasteiger partial charge is 0.319 e. The number of benzene rings is 3. The Hall–Kier alpha value is -7.50. The molecular weight excluding hydrogens is 1050 g/mol. The van der Waals surface area contributed by atoms with Crippen LogP contribution in [0.4, 0.5) is 10.2 Å². The molecule has 420 valence electrons. The quantitative estimate of drug-likeness (QED) is 0.0602. The van der Waals surface area contributed by atoms with E-state index in [4.69, 9.17) is 29.2 Å². The minimum absolute atomic E-state index is 0.0392. The molecule has 0 radical (unpaired) electrons. The normalized spacial score (nSPS) is 20.9. The number of hydrogen-bond acceptors (Lipinski definition) is 17. The Morgan fingerprint density at radius 3 is 2.46 bits per heavy atom. The first-order valence-electron chi connectivity index (χ1n) is 28.0. The van der Waals surface area contributed by atoms with E-state index >= 15 is 4.39 Å². The van der Waals surface area contributed by atoms with Crippen molar-refractivity contribution in [2.75, 3.05) is 44.4 Å². The summed E-state index contributed by atoms with van der Waals surface area (Å²) in [7, 11) is 0. The number of nitrogens with zero attached hydrogens (tertiary/aromatic N) is 10. The first-order valence-corrected chi connectivity index (χ1v) is 28.9. The molecule has 5 aromatic heterocycles. The maximum Gasteiger partial charge on any atom is 0.319 e. The van der Waals surface area contributed by atoms with E-state index < -0.39 is 30.1 Å². The third-order valence-corrected chi connectivity index (χ3v) is 17.7. The summed E-state index contributed by atoms with van der Waals surface area (Å²) in [5, 5.41) is 45.0. The lowest BCUT2D eigenvalue weighted by molar-refractivity contribution is -0.142. The van der Waals surface area contributed by atoms with Crippen LogP contribution in [0.25, 0.3) is 54.8 Å². The van der Waals surface area contributed by atoms with Gasteiger partial charge < -0.3 is 44.9 Å². The van der Waals surface area contributed by atoms with Gasteiger partial charge in [-0.2, -0.15) is 15.1 Å². The number of halogens is 1. The molecule has 4 saturated heterocycles. The number of nitrogens with one attached hydrogen (secondary N) is 3. The van der Waals surface area contributed by atoms with E-state index in [1.54, 1.807) is 36.2 Å². The van der Waals surface area contributed by atoms with Gasteiger partial charge in [-0.1, -0.05) is 67.6 Å². The summed E-state index contributed by atoms with van der Waals surface area (Å²) in [6.07, 6.45) is 6.67. The zero-order valence-electron chi connectivity index (χ0n) is 45.5. The first kappa shape index (κ1) is 52.8. The molecule has 5 fully saturated rings. The standard InChI is InChI=1S/C59H64FN13O7S/c1-30(2)53(58(77)72-25-40(75)20-47(72)57(76)64-46(27-74)35-9-13-37(14-10-35)55-32(4)62-29-81-55)73-26-45(69-70-73)34-7-5-33(6-8-34)28-79-54-49(48-31(3)43(60)21-44-42(48)23-63-68-44)50(36-11-12-36)65-52-51(54)66-59(80-41-15-17-78-18-16-41)67-56(52)71-24-38-19-39(71)22-61-38/h5-10,13-14,21,23,26,29-30,36,38-41,46-47,53,61,74-75H,11-12,15-20,22,24-25,27-28H2,1-4H3,(H,63,68)(H,64,76)/t38-,39-,40+,46?,47-,53?/m0/s1. The largest absolute Gasteiger partial charge is 0.486 e. The Kier molecular flexibility index (Phi) is 14.2. The lowest BCUT2D eigenvalue weighted by Crippen LogP contribution is -2.50. The van der Waals surface area contributed by atoms with Crippen molar-refractivity contribution in [3.05, 3.63) is 106 Å². The molecule has 6 atom stereocenters. The number of thiazole rings is 1. The Labute approximate surface area is 470 Å². The minimum Gasteiger partial charge on any atom is -0.486 e. The molecule has 3 aromatic carbocycles. The van der Waals surface area contributed by atoms with Crippen molar-refractivity contribution in [3.8, 4) is 44.6 Å². The molecular formula is C59H64FN13O7S. The van der Waals surface area contributed by atoms with Gasteiger partial charge in [-0.3, -0.25) is 14.7 Å². The first-order chi connectivity index (χ1) is 39.4. The van der Waals surface area contributed by atoms with Crippen molar-refractivity contribution < 1.29 is 38.4 Å². The molecule has 2 amide bonds. The van der Waals surface area contributed by atoms with E-state index in [1.165, 1.54) is 15.6 Å². The molecule has 2 bridgehead atoms. The van der Waals surface area contributed by atoms with Crippen LogP contribution in [0.5, 0.6) is 11.8 Å². The molecule has 81 heavy (non-hydrogen) atoms. The lowest BCUT2D eigenvalue weighted by Gasteiger charge is -2.30. The van der Waals surface area contributed by atoms with Crippen LogP contribution in [0.2, 0.25) is 0 Å². The number of β-amino-alcohol motifs (C(OH)–C–C–N with tert-alkyl or cyclic N) is 1. The number of ether oxygens (including phenoxy) is 3. The van der Waals surface area contributed by atoms with Crippen LogP contribution in [0.15, 0.2) is 72.5 Å². The molecule has 5 N–H and O–H groups in total. The lowest BCUT2D eigenvalue weighted by atomic mass is 9.92. The summed E-state index contributed by atoms with van der Waals surface area (Å²) >= 11 is 1.54. The van der Waals surface area contributed by atoms with E-state index in [9.17, 15) is 19.8 Å². The second kappa shape index (κ2) is 21.8. The number of H-pyrrole nitrogens is 1. The summed E-state index contributed by atoms with van der Waals surface area (Å²) in [6, 6.07) is 15.0. The molecule has 8 aromatic rings. The van der Waals surface area contributed by atoms with E-state index in [2.05, 4.69) is 41.0 Å². The third-order valence-electron chi connectivity index (χ3n) is 16.7. The summed E-state index contributed by atoms with van der Waals surface area (Å²) in [6.45, 7) is 10.00. The highest BCUT2D eigenvalue weighted by molar-refractivity contribution is 7.13. The number of aromatic amines is 1. The van der Waals surface area contributed by atoms with Gasteiger partial charge in [0.2, 0.25) is 11.8 Å². The molecule has 1 saturated carbocycles. The fraction of sp³-hybridized carbons (Fsp3) is 0.441. The highest BCUT2D eigenvalue weighted by Gasteiger charge is 2.44. The number of aliphatic hydroxyl groups excluding tert-OH is 2. The van der Waals surface area contributed by atoms with Crippen LogP contribution in [0.1, 0.15) is 98.5 Å². The Bertz CT molecular complexity index is 3660. The fourth-order valence-electron chi connectivity index (χ4n) is 12.2. The number of carbonyl (C=O) groups excluding carboxylic acids is 2. The van der Waals surface area contributed by atoms with Crippen LogP contribution in [-0.2, 0) is 20.9 Å². The van der Waals surface area contributed by atoms with Crippen molar-refractivity contribution in [2.24, 2.45) is 5.92 Å². The van der Waals surface area contributed by atoms with Crippen molar-refractivity contribution in [1.29, 1.82) is 0 Å². The van der Waals surface area contributed by atoms with Gasteiger partial charge in [0.25, 0.3) is 0 Å². The summed E-state index contributed by atoms with van der Waals surface area (Å²) in [4.78, 5) is 53.6. The Balaban J connectivity index is 0.785. The van der Waals surface area contributed by atoms with Crippen molar-refractivity contribution in [1.82, 2.24) is 60.7 Å². The second-order valence-electron chi connectivity index (χ2n) is 22.6. The number of carbonyl (C=O) groups is 2. The number of aromatic nitrogens is 9. The van der Waals surface area contributed by atoms with Crippen LogP contribution in [0, 0.1) is 25.6 Å². The molecule has 13 rings (SSSR count). The summed E-state index contributed by atoms with van der Waals surface area (Å²) in [5.41, 5.74) is 10.7. The number of fused-ring (bicyclic) bond motifs is 4. The van der Waals surface area contributed by atoms with Crippen LogP contribution >= 0.6 is 11.3 Å². The average molecular weight is 1120 g/mol. The summed E-state index contributed by atoms with van der Waals surface area (Å²) < 4.78 is 37.1. The van der Waals surface area contributed by atoms with Gasteiger partial charge in [0, 0.05) is 79.0 Å². The number of rotatable bonds is 17. The monoisotopic (exact) mass is 1120 g/mol. The van der Waals surface area contributed by atoms with Crippen molar-refractivity contribution >= 4 is 50.9 Å². The highest BCUT2D eigenvalue weighted by Crippen LogP contribution is 2.52. The number of pyridine rings is 1. The van der Waals surface area contributed by atoms with Crippen LogP contribution < -0.4 is 25.0 Å². The van der Waals surface area contributed by atoms with Crippen LogP contribution in [0.3, 0.4) is 0 Å². The number of piperazine rings is 1.